The van der Waals surface area contributed by atoms with E-state index in [-0.39, 0.29) is 5.75 Å². The number of aliphatic hydroxyl groups is 1. The van der Waals surface area contributed by atoms with E-state index < -0.39 is 5.60 Å². The van der Waals surface area contributed by atoms with Crippen molar-refractivity contribution in [1.29, 1.82) is 5.41 Å². The first-order chi connectivity index (χ1) is 17.4. The second-order valence-electron chi connectivity index (χ2n) is 10.6. The molecule has 3 aliphatic carbocycles. The molecule has 0 radical (unpaired) electrons. The predicted molar refractivity (Wildman–Crippen MR) is 147 cm³/mol. The highest BCUT2D eigenvalue weighted by atomic mass is 16.5. The van der Waals surface area contributed by atoms with Gasteiger partial charge in [-0.25, -0.2) is 0 Å². The predicted octanol–water partition coefficient (Wildman–Crippen LogP) is 7.03. The van der Waals surface area contributed by atoms with Gasteiger partial charge in [0.05, 0.1) is 29.5 Å². The van der Waals surface area contributed by atoms with E-state index >= 15 is 0 Å². The molecule has 0 bridgehead atoms. The van der Waals surface area contributed by atoms with Crippen LogP contribution in [0.2, 0.25) is 0 Å². The fraction of sp³-hybridized carbons (Fsp3) is 0.469. The van der Waals surface area contributed by atoms with Gasteiger partial charge < -0.3 is 14.9 Å². The summed E-state index contributed by atoms with van der Waals surface area (Å²) in [6, 6.07) is 6.03. The molecule has 0 saturated heterocycles. The van der Waals surface area contributed by atoms with Crippen molar-refractivity contribution in [3.63, 3.8) is 0 Å². The minimum atomic E-state index is -0.881. The number of nitrogens with one attached hydrogen (secondary N) is 1. The van der Waals surface area contributed by atoms with Crippen LogP contribution >= 0.6 is 0 Å². The Balaban J connectivity index is 1.82. The van der Waals surface area contributed by atoms with Crippen LogP contribution < -0.4 is 4.74 Å². The molecule has 0 spiro atoms. The largest absolute Gasteiger partial charge is 0.507 e. The van der Waals surface area contributed by atoms with Crippen molar-refractivity contribution in [2.75, 3.05) is 7.11 Å². The molecule has 2 aromatic carbocycles. The van der Waals surface area contributed by atoms with Gasteiger partial charge in [0.1, 0.15) is 11.5 Å². The molecule has 3 aliphatic rings. The van der Waals surface area contributed by atoms with Gasteiger partial charge in [-0.1, -0.05) is 51.0 Å². The third kappa shape index (κ3) is 3.64. The lowest BCUT2D eigenvalue weighted by atomic mass is 9.67. The molecule has 0 amide bonds. The van der Waals surface area contributed by atoms with Crippen LogP contribution in [0.25, 0.3) is 5.57 Å². The molecule has 0 heterocycles. The van der Waals surface area contributed by atoms with Gasteiger partial charge in [-0.05, 0) is 96.4 Å². The summed E-state index contributed by atoms with van der Waals surface area (Å²) in [7, 11) is 1.65. The Bertz CT molecular complexity index is 1290. The zero-order valence-corrected chi connectivity index (χ0v) is 22.2. The lowest BCUT2D eigenvalue weighted by Gasteiger charge is -2.40. The smallest absolute Gasteiger partial charge is 0.129 e. The molecule has 190 valence electrons. The summed E-state index contributed by atoms with van der Waals surface area (Å²) in [4.78, 5) is 0. The molecule has 0 aliphatic heterocycles. The second-order valence-corrected chi connectivity index (χ2v) is 10.6. The van der Waals surface area contributed by atoms with Crippen LogP contribution in [-0.2, 0) is 19.3 Å². The monoisotopic (exact) mass is 485 g/mol. The molecule has 36 heavy (non-hydrogen) atoms. The molecule has 1 unspecified atom stereocenters. The first-order valence-electron chi connectivity index (χ1n) is 13.7. The van der Waals surface area contributed by atoms with E-state index in [9.17, 15) is 15.6 Å². The Hall–Kier alpha value is -2.85. The summed E-state index contributed by atoms with van der Waals surface area (Å²) in [6.45, 7) is 6.43. The molecule has 2 aromatic rings. The van der Waals surface area contributed by atoms with Crippen LogP contribution in [0.4, 0.5) is 0 Å². The molecular weight excluding hydrogens is 446 g/mol. The average Bonchev–Trinajstić information content (AvgIpc) is 2.84. The molecule has 0 aromatic heterocycles. The molecule has 1 fully saturated rings. The van der Waals surface area contributed by atoms with Crippen molar-refractivity contribution in [3.8, 4) is 11.5 Å². The molecule has 1 atom stereocenters. The summed E-state index contributed by atoms with van der Waals surface area (Å²) in [5.41, 5.74) is 9.95. The Morgan fingerprint density at radius 3 is 2.47 bits per heavy atom. The second kappa shape index (κ2) is 9.55. The normalized spacial score (nSPS) is 21.0. The first kappa shape index (κ1) is 24.8. The summed E-state index contributed by atoms with van der Waals surface area (Å²) in [6.07, 6.45) is 10.7. The van der Waals surface area contributed by atoms with Gasteiger partial charge >= 0.3 is 0 Å². The van der Waals surface area contributed by atoms with E-state index in [4.69, 9.17) is 4.74 Å². The Labute approximate surface area is 215 Å². The highest BCUT2D eigenvalue weighted by molar-refractivity contribution is 6.23. The SMILES string of the molecule is CC/C=C(/CC)C1(O)CCc2c(O)c3c(c(CCC)c2C1)C(=C1CCC1)c1cccc(OC)c1C3=N. The van der Waals surface area contributed by atoms with Crippen molar-refractivity contribution in [1.82, 2.24) is 0 Å². The van der Waals surface area contributed by atoms with Crippen molar-refractivity contribution in [2.24, 2.45) is 0 Å². The van der Waals surface area contributed by atoms with Crippen LogP contribution in [0.3, 0.4) is 0 Å². The number of phenolic OH excluding ortho intramolecular Hbond substituents is 1. The highest BCUT2D eigenvalue weighted by Crippen LogP contribution is 2.52. The lowest BCUT2D eigenvalue weighted by molar-refractivity contribution is 0.0598. The van der Waals surface area contributed by atoms with Crippen LogP contribution in [0.5, 0.6) is 11.5 Å². The summed E-state index contributed by atoms with van der Waals surface area (Å²) >= 11 is 0. The van der Waals surface area contributed by atoms with Gasteiger partial charge in [0, 0.05) is 6.42 Å². The minimum absolute atomic E-state index is 0.235. The number of aromatic hydroxyl groups is 1. The molecule has 5 rings (SSSR count). The van der Waals surface area contributed by atoms with E-state index in [2.05, 4.69) is 32.9 Å². The Kier molecular flexibility index (Phi) is 6.59. The van der Waals surface area contributed by atoms with Gasteiger partial charge in [-0.2, -0.15) is 0 Å². The van der Waals surface area contributed by atoms with Gasteiger partial charge in [-0.3, -0.25) is 5.41 Å². The van der Waals surface area contributed by atoms with Crippen molar-refractivity contribution >= 4 is 11.3 Å². The van der Waals surface area contributed by atoms with Gasteiger partial charge in [0.2, 0.25) is 0 Å². The zero-order valence-electron chi connectivity index (χ0n) is 22.2. The number of benzene rings is 2. The molecule has 3 N–H and O–H groups in total. The Morgan fingerprint density at radius 2 is 1.86 bits per heavy atom. The van der Waals surface area contributed by atoms with E-state index in [1.165, 1.54) is 23.1 Å². The summed E-state index contributed by atoms with van der Waals surface area (Å²) in [5, 5.41) is 33.0. The molecule has 4 heteroatoms. The zero-order chi connectivity index (χ0) is 25.6. The lowest BCUT2D eigenvalue weighted by Crippen LogP contribution is -2.39. The van der Waals surface area contributed by atoms with Crippen LogP contribution in [0, 0.1) is 5.41 Å². The number of fused-ring (bicyclic) bond motifs is 3. The van der Waals surface area contributed by atoms with Crippen LogP contribution in [0.1, 0.15) is 105 Å². The number of rotatable bonds is 6. The number of ether oxygens (including phenoxy) is 1. The number of hydrogen-bond acceptors (Lipinski definition) is 4. The standard InChI is InChI=1S/C32H39NO3/c1-5-10-20(7-3)32(35)17-16-22-24(18-32)21(11-6-2)28-26(19-12-8-13-19)23-14-9-15-25(36-4)27(23)30(33)29(28)31(22)34/h9-10,14-15,33-35H,5-8,11-13,16-18H2,1-4H3/b20-10-,33-30?. The molecular formula is C32H39NO3. The number of hydrogen-bond donors (Lipinski definition) is 3. The third-order valence-corrected chi connectivity index (χ3v) is 8.57. The van der Waals surface area contributed by atoms with E-state index in [0.29, 0.717) is 36.3 Å². The fourth-order valence-electron chi connectivity index (χ4n) is 6.72. The summed E-state index contributed by atoms with van der Waals surface area (Å²) in [5.74, 6) is 0.916. The number of allylic oxidation sites excluding steroid dienone is 2. The topological polar surface area (TPSA) is 73.5 Å². The van der Waals surface area contributed by atoms with Crippen LogP contribution in [-0.4, -0.2) is 28.6 Å². The van der Waals surface area contributed by atoms with Gasteiger partial charge in [-0.15, -0.1) is 0 Å². The van der Waals surface area contributed by atoms with Crippen molar-refractivity contribution in [3.05, 3.63) is 74.4 Å². The van der Waals surface area contributed by atoms with Crippen molar-refractivity contribution in [2.45, 2.75) is 90.6 Å². The quantitative estimate of drug-likeness (QED) is 0.328. The fourth-order valence-corrected chi connectivity index (χ4v) is 6.72. The molecule has 1 saturated carbocycles. The number of phenols is 1. The van der Waals surface area contributed by atoms with Crippen molar-refractivity contribution < 1.29 is 14.9 Å². The van der Waals surface area contributed by atoms with E-state index in [1.807, 2.05) is 12.1 Å². The van der Waals surface area contributed by atoms with E-state index in [1.54, 1.807) is 7.11 Å². The van der Waals surface area contributed by atoms with Gasteiger partial charge in [0.15, 0.2) is 0 Å². The number of methoxy groups -OCH3 is 1. The maximum atomic E-state index is 11.9. The first-order valence-corrected chi connectivity index (χ1v) is 13.7. The van der Waals surface area contributed by atoms with Crippen LogP contribution in [0.15, 0.2) is 35.4 Å². The highest BCUT2D eigenvalue weighted by Gasteiger charge is 2.42. The third-order valence-electron chi connectivity index (χ3n) is 8.57. The van der Waals surface area contributed by atoms with E-state index in [0.717, 1.165) is 71.9 Å². The maximum Gasteiger partial charge on any atom is 0.129 e. The minimum Gasteiger partial charge on any atom is -0.507 e. The Morgan fingerprint density at radius 1 is 1.08 bits per heavy atom. The molecule has 4 nitrogen and oxygen atoms in total. The average molecular weight is 486 g/mol. The summed E-state index contributed by atoms with van der Waals surface area (Å²) < 4.78 is 5.71. The van der Waals surface area contributed by atoms with Gasteiger partial charge in [0.25, 0.3) is 0 Å². The maximum absolute atomic E-state index is 11.9.